The molecule has 0 spiro atoms. The van der Waals surface area contributed by atoms with E-state index in [-0.39, 0.29) is 32.2 Å². The van der Waals surface area contributed by atoms with Crippen LogP contribution in [0.1, 0.15) is 271 Å². The topological polar surface area (TPSA) is 111 Å². The first kappa shape index (κ1) is 70.0. The Morgan fingerprint density at radius 2 is 0.781 bits per heavy atom. The fourth-order valence-electron chi connectivity index (χ4n) is 8.62. The van der Waals surface area contributed by atoms with E-state index in [2.05, 4.69) is 74.6 Å². The van der Waals surface area contributed by atoms with Crippen LogP contribution in [0.25, 0.3) is 0 Å². The standard InChI is InChI=1S/C64H115NO8/c1-6-8-10-12-14-16-18-20-22-24-26-27-28-29-30-31-32-33-34-35-37-39-41-43-45-47-49-51-53-55-62(67)73-60(59-72-64(63(68)69)70-57-56-65(3,4)5)58-71-61(66)54-52-50-48-46-44-42-40-38-36-25-23-21-19-17-15-13-11-9-7-2/h8,10,14,16,20,22,26-27,29-30,60,64H,6-7,9,11-13,15,17-19,21,23-25,28,31-59H2,1-5H3/b10-8-,16-14-,22-20-,27-26-,30-29-. The smallest absolute Gasteiger partial charge is 0.306 e. The van der Waals surface area contributed by atoms with Gasteiger partial charge in [0, 0.05) is 12.8 Å². The molecule has 0 aromatic heterocycles. The summed E-state index contributed by atoms with van der Waals surface area (Å²) in [5.41, 5.74) is 0. The van der Waals surface area contributed by atoms with Crippen LogP contribution in [0.4, 0.5) is 0 Å². The van der Waals surface area contributed by atoms with E-state index >= 15 is 0 Å². The number of carboxylic acid groups (broad SMARTS) is 1. The van der Waals surface area contributed by atoms with E-state index in [4.69, 9.17) is 18.9 Å². The summed E-state index contributed by atoms with van der Waals surface area (Å²) in [4.78, 5) is 37.3. The Balaban J connectivity index is 4.18. The molecule has 0 aliphatic heterocycles. The van der Waals surface area contributed by atoms with Crippen LogP contribution in [0.2, 0.25) is 0 Å². The number of carbonyl (C=O) groups is 3. The zero-order valence-corrected chi connectivity index (χ0v) is 48.3. The SMILES string of the molecule is CC/C=C\C/C=C\C/C=C\C/C=C\C/C=C\CCCCCCCCCCCCCCCC(=O)OC(COC(=O)CCCCCCCCCCCCCCCCCCCCC)COC(OCC[N+](C)(C)C)C(=O)[O-]. The van der Waals surface area contributed by atoms with Gasteiger partial charge in [-0.3, -0.25) is 9.59 Å². The second-order valence-corrected chi connectivity index (χ2v) is 21.6. The van der Waals surface area contributed by atoms with Gasteiger partial charge in [0.15, 0.2) is 12.4 Å². The minimum Gasteiger partial charge on any atom is -0.545 e. The van der Waals surface area contributed by atoms with Crippen LogP contribution in [-0.4, -0.2) is 82.3 Å². The van der Waals surface area contributed by atoms with Crippen molar-refractivity contribution in [3.63, 3.8) is 0 Å². The second-order valence-electron chi connectivity index (χ2n) is 21.6. The van der Waals surface area contributed by atoms with Gasteiger partial charge in [-0.2, -0.15) is 0 Å². The predicted octanol–water partition coefficient (Wildman–Crippen LogP) is 16.7. The summed E-state index contributed by atoms with van der Waals surface area (Å²) in [6.07, 6.45) is 67.0. The number of likely N-dealkylation sites (N-methyl/N-ethyl adjacent to an activating group) is 1. The first-order valence-corrected chi connectivity index (χ1v) is 30.4. The second kappa shape index (κ2) is 55.2. The average Bonchev–Trinajstić information content (AvgIpc) is 3.36. The number of unbranched alkanes of at least 4 members (excludes halogenated alkanes) is 31. The van der Waals surface area contributed by atoms with Gasteiger partial charge in [-0.1, -0.05) is 261 Å². The van der Waals surface area contributed by atoms with Crippen LogP contribution in [0.5, 0.6) is 0 Å². The van der Waals surface area contributed by atoms with Crippen molar-refractivity contribution in [1.82, 2.24) is 0 Å². The molecule has 0 N–H and O–H groups in total. The lowest BCUT2D eigenvalue weighted by Gasteiger charge is -2.26. The minimum atomic E-state index is -1.62. The number of quaternary nitrogens is 1. The van der Waals surface area contributed by atoms with Crippen molar-refractivity contribution in [2.45, 2.75) is 283 Å². The third-order valence-electron chi connectivity index (χ3n) is 13.3. The van der Waals surface area contributed by atoms with Gasteiger partial charge in [-0.05, 0) is 57.8 Å². The quantitative estimate of drug-likeness (QED) is 0.0195. The Morgan fingerprint density at radius 3 is 1.16 bits per heavy atom. The number of carbonyl (C=O) groups excluding carboxylic acids is 3. The van der Waals surface area contributed by atoms with Crippen molar-refractivity contribution in [2.24, 2.45) is 0 Å². The van der Waals surface area contributed by atoms with Gasteiger partial charge in [-0.25, -0.2) is 0 Å². The molecule has 0 rings (SSSR count). The fraction of sp³-hybridized carbons (Fsp3) is 0.797. The van der Waals surface area contributed by atoms with Crippen LogP contribution in [-0.2, 0) is 33.3 Å². The fourth-order valence-corrected chi connectivity index (χ4v) is 8.62. The third kappa shape index (κ3) is 56.6. The number of rotatable bonds is 56. The van der Waals surface area contributed by atoms with Gasteiger partial charge < -0.3 is 33.3 Å². The van der Waals surface area contributed by atoms with Crippen LogP contribution in [0.15, 0.2) is 60.8 Å². The van der Waals surface area contributed by atoms with Crippen molar-refractivity contribution in [1.29, 1.82) is 0 Å². The Hall–Kier alpha value is -3.01. The van der Waals surface area contributed by atoms with Gasteiger partial charge in [0.25, 0.3) is 0 Å². The normalized spacial score (nSPS) is 13.2. The zero-order valence-electron chi connectivity index (χ0n) is 48.3. The van der Waals surface area contributed by atoms with Crippen LogP contribution >= 0.6 is 0 Å². The lowest BCUT2D eigenvalue weighted by molar-refractivity contribution is -0.870. The molecule has 0 amide bonds. The van der Waals surface area contributed by atoms with Crippen molar-refractivity contribution < 1.29 is 42.9 Å². The molecule has 73 heavy (non-hydrogen) atoms. The number of hydrogen-bond donors (Lipinski definition) is 0. The van der Waals surface area contributed by atoms with Crippen molar-refractivity contribution in [3.8, 4) is 0 Å². The van der Waals surface area contributed by atoms with Gasteiger partial charge in [-0.15, -0.1) is 0 Å². The summed E-state index contributed by atoms with van der Waals surface area (Å²) in [6.45, 7) is 4.67. The average molecular weight is 1030 g/mol. The summed E-state index contributed by atoms with van der Waals surface area (Å²) in [6, 6.07) is 0. The van der Waals surface area contributed by atoms with Gasteiger partial charge in [0.2, 0.25) is 0 Å². The maximum Gasteiger partial charge on any atom is 0.306 e. The number of esters is 2. The molecule has 0 fully saturated rings. The number of hydrogen-bond acceptors (Lipinski definition) is 8. The molecule has 0 radical (unpaired) electrons. The molecular formula is C64H115NO8. The summed E-state index contributed by atoms with van der Waals surface area (Å²) in [7, 11) is 5.93. The zero-order chi connectivity index (χ0) is 53.4. The number of allylic oxidation sites excluding steroid dienone is 10. The monoisotopic (exact) mass is 1030 g/mol. The molecule has 0 aromatic rings. The first-order chi connectivity index (χ1) is 35.6. The molecule has 0 saturated heterocycles. The number of aliphatic carboxylic acids is 1. The molecule has 9 heteroatoms. The van der Waals surface area contributed by atoms with Crippen molar-refractivity contribution >= 4 is 17.9 Å². The van der Waals surface area contributed by atoms with E-state index in [1.165, 1.54) is 167 Å². The van der Waals surface area contributed by atoms with Crippen LogP contribution < -0.4 is 5.11 Å². The molecule has 2 unspecified atom stereocenters. The molecule has 0 aliphatic carbocycles. The van der Waals surface area contributed by atoms with Crippen LogP contribution in [0.3, 0.4) is 0 Å². The summed E-state index contributed by atoms with van der Waals surface area (Å²) in [5, 5.41) is 11.8. The molecule has 0 heterocycles. The Kier molecular flexibility index (Phi) is 53.0. The Morgan fingerprint density at radius 1 is 0.425 bits per heavy atom. The van der Waals surface area contributed by atoms with Gasteiger partial charge in [0.05, 0.1) is 40.3 Å². The van der Waals surface area contributed by atoms with E-state index < -0.39 is 24.3 Å². The molecule has 0 aromatic carbocycles. The number of carboxylic acids is 1. The molecule has 2 atom stereocenters. The van der Waals surface area contributed by atoms with Crippen molar-refractivity contribution in [2.75, 3.05) is 47.5 Å². The Bertz CT molecular complexity index is 1380. The number of ether oxygens (including phenoxy) is 4. The van der Waals surface area contributed by atoms with E-state index in [0.717, 1.165) is 70.6 Å². The summed E-state index contributed by atoms with van der Waals surface area (Å²) >= 11 is 0. The first-order valence-electron chi connectivity index (χ1n) is 30.4. The van der Waals surface area contributed by atoms with E-state index in [1.807, 2.05) is 21.1 Å². The molecule has 9 nitrogen and oxygen atoms in total. The summed E-state index contributed by atoms with van der Waals surface area (Å²) < 4.78 is 22.7. The largest absolute Gasteiger partial charge is 0.545 e. The highest BCUT2D eigenvalue weighted by atomic mass is 16.7. The molecular weight excluding hydrogens is 911 g/mol. The highest BCUT2D eigenvalue weighted by Crippen LogP contribution is 2.17. The predicted molar refractivity (Wildman–Crippen MR) is 306 cm³/mol. The van der Waals surface area contributed by atoms with E-state index in [1.54, 1.807) is 0 Å². The van der Waals surface area contributed by atoms with Gasteiger partial charge in [0.1, 0.15) is 13.2 Å². The lowest BCUT2D eigenvalue weighted by Crippen LogP contribution is -2.44. The molecule has 0 aliphatic rings. The maximum atomic E-state index is 12.9. The Labute approximate surface area is 450 Å². The summed E-state index contributed by atoms with van der Waals surface area (Å²) in [5.74, 6) is -2.27. The van der Waals surface area contributed by atoms with Gasteiger partial charge >= 0.3 is 11.9 Å². The van der Waals surface area contributed by atoms with E-state index in [0.29, 0.717) is 23.9 Å². The van der Waals surface area contributed by atoms with E-state index in [9.17, 15) is 19.5 Å². The van der Waals surface area contributed by atoms with Crippen LogP contribution in [0, 0.1) is 0 Å². The number of nitrogens with zero attached hydrogens (tertiary/aromatic N) is 1. The highest BCUT2D eigenvalue weighted by molar-refractivity contribution is 5.70. The highest BCUT2D eigenvalue weighted by Gasteiger charge is 2.22. The lowest BCUT2D eigenvalue weighted by atomic mass is 10.0. The molecule has 0 saturated carbocycles. The third-order valence-corrected chi connectivity index (χ3v) is 13.3. The molecule has 0 bridgehead atoms. The molecule has 424 valence electrons. The maximum absolute atomic E-state index is 12.9. The minimum absolute atomic E-state index is 0.148. The van der Waals surface area contributed by atoms with Crippen molar-refractivity contribution in [3.05, 3.63) is 60.8 Å².